The highest BCUT2D eigenvalue weighted by molar-refractivity contribution is 7.91. The first-order valence-corrected chi connectivity index (χ1v) is 10.7. The van der Waals surface area contributed by atoms with Gasteiger partial charge in [-0.25, -0.2) is 8.42 Å². The lowest BCUT2D eigenvalue weighted by Gasteiger charge is -2.22. The highest BCUT2D eigenvalue weighted by Gasteiger charge is 2.27. The number of rotatable bonds is 7. The molecule has 2 rings (SSSR count). The summed E-state index contributed by atoms with van der Waals surface area (Å²) >= 11 is 0. The van der Waals surface area contributed by atoms with Gasteiger partial charge in [-0.1, -0.05) is 19.3 Å². The Morgan fingerprint density at radius 1 is 1.17 bits per heavy atom. The predicted octanol–water partition coefficient (Wildman–Crippen LogP) is 1.33. The topological polar surface area (TPSA) is 79.8 Å². The van der Waals surface area contributed by atoms with Crippen molar-refractivity contribution in [2.45, 2.75) is 51.0 Å². The van der Waals surface area contributed by atoms with E-state index in [1.807, 2.05) is 0 Å². The molecular formula is C16H31N3O3S. The second-order valence-corrected chi connectivity index (χ2v) is 8.86. The second kappa shape index (κ2) is 9.47. The molecule has 0 bridgehead atoms. The molecule has 1 saturated carbocycles. The minimum Gasteiger partial charge on any atom is -0.378 e. The molecule has 1 atom stereocenters. The van der Waals surface area contributed by atoms with E-state index < -0.39 is 9.84 Å². The van der Waals surface area contributed by atoms with E-state index in [-0.39, 0.29) is 5.92 Å². The molecule has 7 heteroatoms. The van der Waals surface area contributed by atoms with Crippen molar-refractivity contribution in [1.82, 2.24) is 10.6 Å². The van der Waals surface area contributed by atoms with Gasteiger partial charge in [-0.2, -0.15) is 0 Å². The van der Waals surface area contributed by atoms with Gasteiger partial charge in [0.1, 0.15) is 0 Å². The van der Waals surface area contributed by atoms with Crippen LogP contribution >= 0.6 is 0 Å². The van der Waals surface area contributed by atoms with Crippen molar-refractivity contribution >= 4 is 15.8 Å². The van der Waals surface area contributed by atoms with Crippen LogP contribution in [-0.2, 0) is 14.6 Å². The third kappa shape index (κ3) is 7.08. The lowest BCUT2D eigenvalue weighted by molar-refractivity contribution is 0.0277. The summed E-state index contributed by atoms with van der Waals surface area (Å²) in [5.41, 5.74) is 0. The van der Waals surface area contributed by atoms with E-state index >= 15 is 0 Å². The highest BCUT2D eigenvalue weighted by atomic mass is 32.2. The van der Waals surface area contributed by atoms with Crippen LogP contribution in [-0.4, -0.2) is 58.7 Å². The summed E-state index contributed by atoms with van der Waals surface area (Å²) in [6, 6.07) is 0. The monoisotopic (exact) mass is 345 g/mol. The predicted molar refractivity (Wildman–Crippen MR) is 93.6 cm³/mol. The maximum Gasteiger partial charge on any atom is 0.190 e. The number of ether oxygens (including phenoxy) is 1. The molecule has 1 heterocycles. The molecule has 0 amide bonds. The number of hydrogen-bond donors (Lipinski definition) is 2. The maximum atomic E-state index is 11.4. The number of hydrogen-bond acceptors (Lipinski definition) is 4. The molecule has 1 unspecified atom stereocenters. The molecule has 6 nitrogen and oxygen atoms in total. The van der Waals surface area contributed by atoms with Gasteiger partial charge in [0, 0.05) is 26.7 Å². The van der Waals surface area contributed by atoms with Gasteiger partial charge >= 0.3 is 0 Å². The average molecular weight is 346 g/mol. The van der Waals surface area contributed by atoms with Gasteiger partial charge in [0.2, 0.25) is 0 Å². The summed E-state index contributed by atoms with van der Waals surface area (Å²) in [4.78, 5) is 4.18. The zero-order valence-electron chi connectivity index (χ0n) is 14.2. The molecule has 1 aliphatic carbocycles. The van der Waals surface area contributed by atoms with Crippen molar-refractivity contribution in [3.63, 3.8) is 0 Å². The van der Waals surface area contributed by atoms with Crippen molar-refractivity contribution in [2.75, 3.05) is 38.2 Å². The van der Waals surface area contributed by atoms with Crippen LogP contribution in [0.5, 0.6) is 0 Å². The molecule has 2 aliphatic rings. The van der Waals surface area contributed by atoms with Gasteiger partial charge in [-0.05, 0) is 31.6 Å². The molecular weight excluding hydrogens is 314 g/mol. The molecule has 0 aromatic carbocycles. The fraction of sp³-hybridized carbons (Fsp3) is 0.938. The Morgan fingerprint density at radius 3 is 2.61 bits per heavy atom. The number of nitrogens with zero attached hydrogens (tertiary/aromatic N) is 1. The Balaban J connectivity index is 1.53. The molecule has 1 saturated heterocycles. The third-order valence-corrected chi connectivity index (χ3v) is 6.46. The lowest BCUT2D eigenvalue weighted by atomic mass is 9.98. The summed E-state index contributed by atoms with van der Waals surface area (Å²) in [6.45, 7) is 2.27. The van der Waals surface area contributed by atoms with Gasteiger partial charge in [-0.15, -0.1) is 0 Å². The molecule has 1 aliphatic heterocycles. The molecule has 23 heavy (non-hydrogen) atoms. The SMILES string of the molecule is CN=C(NCCCOC1CCCCC1)NCC1CCS(=O)(=O)C1. The highest BCUT2D eigenvalue weighted by Crippen LogP contribution is 2.20. The number of guanidine groups is 1. The largest absolute Gasteiger partial charge is 0.378 e. The van der Waals surface area contributed by atoms with Crippen molar-refractivity contribution in [2.24, 2.45) is 10.9 Å². The average Bonchev–Trinajstić information content (AvgIpc) is 2.90. The normalized spacial score (nSPS) is 25.4. The summed E-state index contributed by atoms with van der Waals surface area (Å²) in [7, 11) is -1.07. The van der Waals surface area contributed by atoms with Crippen molar-refractivity contribution < 1.29 is 13.2 Å². The molecule has 0 aromatic heterocycles. The molecule has 0 aromatic rings. The van der Waals surface area contributed by atoms with Crippen LogP contribution < -0.4 is 10.6 Å². The van der Waals surface area contributed by atoms with Crippen LogP contribution in [0.3, 0.4) is 0 Å². The minimum absolute atomic E-state index is 0.202. The van der Waals surface area contributed by atoms with Gasteiger partial charge in [0.25, 0.3) is 0 Å². The van der Waals surface area contributed by atoms with E-state index in [1.165, 1.54) is 32.1 Å². The summed E-state index contributed by atoms with van der Waals surface area (Å²) < 4.78 is 28.8. The Morgan fingerprint density at radius 2 is 1.96 bits per heavy atom. The molecule has 2 fully saturated rings. The first-order valence-electron chi connectivity index (χ1n) is 8.85. The van der Waals surface area contributed by atoms with Crippen LogP contribution in [0, 0.1) is 5.92 Å². The van der Waals surface area contributed by atoms with E-state index in [0.717, 1.165) is 32.0 Å². The van der Waals surface area contributed by atoms with Gasteiger partial charge < -0.3 is 15.4 Å². The lowest BCUT2D eigenvalue weighted by Crippen LogP contribution is -2.40. The number of aliphatic imine (C=N–C) groups is 1. The molecule has 134 valence electrons. The zero-order chi connectivity index (χ0) is 16.5. The summed E-state index contributed by atoms with van der Waals surface area (Å²) in [6.07, 6.45) is 8.54. The summed E-state index contributed by atoms with van der Waals surface area (Å²) in [5, 5.41) is 6.48. The van der Waals surface area contributed by atoms with Crippen molar-refractivity contribution in [3.8, 4) is 0 Å². The zero-order valence-corrected chi connectivity index (χ0v) is 15.0. The number of nitrogens with one attached hydrogen (secondary N) is 2. The van der Waals surface area contributed by atoms with Gasteiger partial charge in [0.15, 0.2) is 15.8 Å². The molecule has 0 radical (unpaired) electrons. The van der Waals surface area contributed by atoms with E-state index in [0.29, 0.717) is 24.2 Å². The third-order valence-electron chi connectivity index (χ3n) is 4.63. The quantitative estimate of drug-likeness (QED) is 0.413. The van der Waals surface area contributed by atoms with Gasteiger partial charge in [0.05, 0.1) is 17.6 Å². The van der Waals surface area contributed by atoms with Gasteiger partial charge in [-0.3, -0.25) is 4.99 Å². The Bertz CT molecular complexity index is 473. The Kier molecular flexibility index (Phi) is 7.62. The smallest absolute Gasteiger partial charge is 0.190 e. The number of sulfone groups is 1. The van der Waals surface area contributed by atoms with Crippen molar-refractivity contribution in [1.29, 1.82) is 0 Å². The van der Waals surface area contributed by atoms with E-state index in [1.54, 1.807) is 7.05 Å². The fourth-order valence-electron chi connectivity index (χ4n) is 3.26. The van der Waals surface area contributed by atoms with Crippen LogP contribution in [0.1, 0.15) is 44.9 Å². The molecule has 2 N–H and O–H groups in total. The fourth-order valence-corrected chi connectivity index (χ4v) is 5.12. The molecule has 0 spiro atoms. The van der Waals surface area contributed by atoms with Crippen LogP contribution in [0.25, 0.3) is 0 Å². The second-order valence-electron chi connectivity index (χ2n) is 6.63. The Hall–Kier alpha value is -0.820. The van der Waals surface area contributed by atoms with E-state index in [2.05, 4.69) is 15.6 Å². The van der Waals surface area contributed by atoms with Crippen LogP contribution in [0.4, 0.5) is 0 Å². The van der Waals surface area contributed by atoms with E-state index in [9.17, 15) is 8.42 Å². The first-order chi connectivity index (χ1) is 11.1. The standard InChI is InChI=1S/C16H31N3O3S/c1-17-16(19-12-14-8-11-23(20,21)13-14)18-9-5-10-22-15-6-3-2-4-7-15/h14-15H,2-13H2,1H3,(H2,17,18,19). The summed E-state index contributed by atoms with van der Waals surface area (Å²) in [5.74, 6) is 1.57. The Labute approximate surface area is 140 Å². The van der Waals surface area contributed by atoms with Crippen LogP contribution in [0.2, 0.25) is 0 Å². The first kappa shape index (κ1) is 18.5. The maximum absolute atomic E-state index is 11.4. The van der Waals surface area contributed by atoms with Crippen molar-refractivity contribution in [3.05, 3.63) is 0 Å². The minimum atomic E-state index is -2.80. The van der Waals surface area contributed by atoms with E-state index in [4.69, 9.17) is 4.74 Å². The van der Waals surface area contributed by atoms with Crippen LogP contribution in [0.15, 0.2) is 4.99 Å².